The molecule has 1 aliphatic heterocycles. The lowest BCUT2D eigenvalue weighted by molar-refractivity contribution is 0.320. The second-order valence-corrected chi connectivity index (χ2v) is 5.98. The number of hydrogen-bond donors (Lipinski definition) is 1. The van der Waals surface area contributed by atoms with Crippen LogP contribution >= 0.6 is 0 Å². The van der Waals surface area contributed by atoms with Gasteiger partial charge in [-0.2, -0.15) is 0 Å². The third kappa shape index (κ3) is 4.11. The molecule has 1 atom stereocenters. The molecule has 0 saturated carbocycles. The topological polar surface area (TPSA) is 15.3 Å². The molecule has 0 radical (unpaired) electrons. The minimum absolute atomic E-state index is 0.549. The molecule has 18 heavy (non-hydrogen) atoms. The van der Waals surface area contributed by atoms with E-state index in [0.29, 0.717) is 6.04 Å². The first kappa shape index (κ1) is 13.6. The van der Waals surface area contributed by atoms with Crippen LogP contribution in [0.3, 0.4) is 0 Å². The van der Waals surface area contributed by atoms with Crippen molar-refractivity contribution in [1.29, 1.82) is 0 Å². The van der Waals surface area contributed by atoms with Gasteiger partial charge in [-0.05, 0) is 30.0 Å². The van der Waals surface area contributed by atoms with Crippen molar-refractivity contribution >= 4 is 0 Å². The number of hydrogen-bond acceptors (Lipinski definition) is 2. The van der Waals surface area contributed by atoms with Crippen LogP contribution in [0, 0.1) is 5.92 Å². The van der Waals surface area contributed by atoms with E-state index in [1.165, 1.54) is 30.6 Å². The number of nitrogens with one attached hydrogen (secondary N) is 1. The fourth-order valence-corrected chi connectivity index (χ4v) is 2.59. The molecule has 2 rings (SSSR count). The zero-order valence-corrected chi connectivity index (χ0v) is 11.9. The van der Waals surface area contributed by atoms with Crippen molar-refractivity contribution in [2.75, 3.05) is 13.1 Å². The first-order chi connectivity index (χ1) is 8.63. The largest absolute Gasteiger partial charge is 0.310 e. The maximum atomic E-state index is 3.48. The van der Waals surface area contributed by atoms with Gasteiger partial charge in [-0.3, -0.25) is 4.90 Å². The highest BCUT2D eigenvalue weighted by Gasteiger charge is 2.18. The van der Waals surface area contributed by atoms with Crippen molar-refractivity contribution in [1.82, 2.24) is 10.2 Å². The van der Waals surface area contributed by atoms with Crippen LogP contribution in [0.5, 0.6) is 0 Å². The molecule has 1 aromatic rings. The number of benzene rings is 1. The summed E-state index contributed by atoms with van der Waals surface area (Å²) < 4.78 is 0. The number of nitrogens with zero attached hydrogens (tertiary/aromatic N) is 1. The van der Waals surface area contributed by atoms with Gasteiger partial charge in [0.1, 0.15) is 0 Å². The summed E-state index contributed by atoms with van der Waals surface area (Å²) in [4.78, 5) is 2.57. The van der Waals surface area contributed by atoms with Crippen LogP contribution in [-0.4, -0.2) is 24.0 Å². The highest BCUT2D eigenvalue weighted by molar-refractivity contribution is 5.23. The Balaban J connectivity index is 1.90. The first-order valence-corrected chi connectivity index (χ1v) is 7.17. The lowest BCUT2D eigenvalue weighted by Gasteiger charge is -2.16. The molecule has 0 amide bonds. The van der Waals surface area contributed by atoms with E-state index < -0.39 is 0 Å². The van der Waals surface area contributed by atoms with Gasteiger partial charge in [0.2, 0.25) is 0 Å². The number of likely N-dealkylation sites (tertiary alicyclic amines) is 1. The Kier molecular flexibility index (Phi) is 4.79. The second-order valence-electron chi connectivity index (χ2n) is 5.98. The van der Waals surface area contributed by atoms with Crippen LogP contribution in [0.4, 0.5) is 0 Å². The van der Waals surface area contributed by atoms with Gasteiger partial charge in [-0.15, -0.1) is 0 Å². The van der Waals surface area contributed by atoms with E-state index in [2.05, 4.69) is 55.3 Å². The van der Waals surface area contributed by atoms with E-state index >= 15 is 0 Å². The van der Waals surface area contributed by atoms with E-state index in [1.807, 2.05) is 0 Å². The van der Waals surface area contributed by atoms with Crippen molar-refractivity contribution < 1.29 is 0 Å². The van der Waals surface area contributed by atoms with E-state index in [9.17, 15) is 0 Å². The minimum Gasteiger partial charge on any atom is -0.310 e. The zero-order chi connectivity index (χ0) is 13.0. The normalized spacial score (nSPS) is 20.8. The van der Waals surface area contributed by atoms with E-state index in [-0.39, 0.29) is 0 Å². The van der Waals surface area contributed by atoms with Crippen molar-refractivity contribution in [3.05, 3.63) is 35.4 Å². The van der Waals surface area contributed by atoms with Gasteiger partial charge in [0.05, 0.1) is 0 Å². The van der Waals surface area contributed by atoms with Gasteiger partial charge in [0.15, 0.2) is 0 Å². The predicted octanol–water partition coefficient (Wildman–Crippen LogP) is 3.03. The van der Waals surface area contributed by atoms with Gasteiger partial charge >= 0.3 is 0 Å². The Bertz CT molecular complexity index is 373. The maximum absolute atomic E-state index is 3.48. The standard InChI is InChI=1S/C16H26N2/c1-13(2)17-10-15-5-4-6-16(9-15)12-18-8-7-14(3)11-18/h4-6,9,13-14,17H,7-8,10-12H2,1-3H3. The molecular formula is C16H26N2. The molecule has 1 unspecified atom stereocenters. The third-order valence-electron chi connectivity index (χ3n) is 3.62. The van der Waals surface area contributed by atoms with Crippen LogP contribution < -0.4 is 5.32 Å². The van der Waals surface area contributed by atoms with Gasteiger partial charge in [-0.25, -0.2) is 0 Å². The van der Waals surface area contributed by atoms with Crippen molar-refractivity contribution in [3.8, 4) is 0 Å². The maximum Gasteiger partial charge on any atom is 0.0233 e. The van der Waals surface area contributed by atoms with E-state index in [4.69, 9.17) is 0 Å². The van der Waals surface area contributed by atoms with Crippen LogP contribution in [0.25, 0.3) is 0 Å². The lowest BCUT2D eigenvalue weighted by Crippen LogP contribution is -2.22. The number of rotatable bonds is 5. The Morgan fingerprint density at radius 3 is 2.78 bits per heavy atom. The van der Waals surface area contributed by atoms with E-state index in [1.54, 1.807) is 0 Å². The Morgan fingerprint density at radius 2 is 2.11 bits per heavy atom. The Morgan fingerprint density at radius 1 is 1.33 bits per heavy atom. The Hall–Kier alpha value is -0.860. The van der Waals surface area contributed by atoms with Crippen LogP contribution in [0.2, 0.25) is 0 Å². The SMILES string of the molecule is CC1CCN(Cc2cccc(CNC(C)C)c2)C1. The van der Waals surface area contributed by atoms with Gasteiger partial charge in [-0.1, -0.05) is 45.0 Å². The third-order valence-corrected chi connectivity index (χ3v) is 3.62. The smallest absolute Gasteiger partial charge is 0.0233 e. The summed E-state index contributed by atoms with van der Waals surface area (Å²) in [6.07, 6.45) is 1.36. The molecule has 1 fully saturated rings. The molecule has 1 heterocycles. The molecule has 2 heteroatoms. The van der Waals surface area contributed by atoms with Crippen LogP contribution in [0.15, 0.2) is 24.3 Å². The van der Waals surface area contributed by atoms with Crippen molar-refractivity contribution in [2.45, 2.75) is 46.3 Å². The van der Waals surface area contributed by atoms with Gasteiger partial charge in [0, 0.05) is 25.7 Å². The fourth-order valence-electron chi connectivity index (χ4n) is 2.59. The molecule has 1 aromatic carbocycles. The summed E-state index contributed by atoms with van der Waals surface area (Å²) in [6, 6.07) is 9.55. The summed E-state index contributed by atoms with van der Waals surface area (Å²) in [5.41, 5.74) is 2.85. The summed E-state index contributed by atoms with van der Waals surface area (Å²) in [6.45, 7) is 11.3. The van der Waals surface area contributed by atoms with Crippen molar-refractivity contribution in [2.24, 2.45) is 5.92 Å². The molecule has 0 spiro atoms. The molecule has 0 aromatic heterocycles. The zero-order valence-electron chi connectivity index (χ0n) is 11.9. The molecular weight excluding hydrogens is 220 g/mol. The van der Waals surface area contributed by atoms with Crippen LogP contribution in [-0.2, 0) is 13.1 Å². The molecule has 1 saturated heterocycles. The average Bonchev–Trinajstić information content (AvgIpc) is 2.73. The second kappa shape index (κ2) is 6.35. The molecule has 1 N–H and O–H groups in total. The lowest BCUT2D eigenvalue weighted by atomic mass is 10.1. The highest BCUT2D eigenvalue weighted by atomic mass is 15.1. The van der Waals surface area contributed by atoms with Gasteiger partial charge in [0.25, 0.3) is 0 Å². The molecule has 2 nitrogen and oxygen atoms in total. The molecule has 0 aliphatic carbocycles. The quantitative estimate of drug-likeness (QED) is 0.859. The summed E-state index contributed by atoms with van der Waals surface area (Å²) in [5, 5.41) is 3.48. The fraction of sp³-hybridized carbons (Fsp3) is 0.625. The van der Waals surface area contributed by atoms with Crippen LogP contribution in [0.1, 0.15) is 38.3 Å². The molecule has 0 bridgehead atoms. The summed E-state index contributed by atoms with van der Waals surface area (Å²) >= 11 is 0. The van der Waals surface area contributed by atoms with E-state index in [0.717, 1.165) is 19.0 Å². The monoisotopic (exact) mass is 246 g/mol. The predicted molar refractivity (Wildman–Crippen MR) is 77.5 cm³/mol. The average molecular weight is 246 g/mol. The minimum atomic E-state index is 0.549. The Labute approximate surface area is 111 Å². The van der Waals surface area contributed by atoms with Gasteiger partial charge < -0.3 is 5.32 Å². The molecule has 100 valence electrons. The molecule has 1 aliphatic rings. The van der Waals surface area contributed by atoms with Crippen molar-refractivity contribution in [3.63, 3.8) is 0 Å². The summed E-state index contributed by atoms with van der Waals surface area (Å²) in [5.74, 6) is 0.871. The first-order valence-electron chi connectivity index (χ1n) is 7.17. The summed E-state index contributed by atoms with van der Waals surface area (Å²) in [7, 11) is 0. The highest BCUT2D eigenvalue weighted by Crippen LogP contribution is 2.18.